The van der Waals surface area contributed by atoms with Crippen LogP contribution < -0.4 is 5.73 Å². The SMILES string of the molecule is CC(C)CC(N)c1nc2cc(C(C)(C)C)ccc2o1. The minimum absolute atomic E-state index is 0.118. The van der Waals surface area contributed by atoms with Crippen LogP contribution in [0.25, 0.3) is 11.1 Å². The minimum atomic E-state index is -0.120. The van der Waals surface area contributed by atoms with Gasteiger partial charge in [0.15, 0.2) is 5.58 Å². The van der Waals surface area contributed by atoms with Crippen LogP contribution in [-0.2, 0) is 5.41 Å². The lowest BCUT2D eigenvalue weighted by Crippen LogP contribution is -2.13. The Kier molecular flexibility index (Phi) is 3.68. The highest BCUT2D eigenvalue weighted by Gasteiger charge is 2.18. The van der Waals surface area contributed by atoms with Gasteiger partial charge in [-0.05, 0) is 35.4 Å². The molecule has 0 bridgehead atoms. The average Bonchev–Trinajstić information content (AvgIpc) is 2.69. The Morgan fingerprint density at radius 2 is 1.95 bits per heavy atom. The summed E-state index contributed by atoms with van der Waals surface area (Å²) in [6, 6.07) is 6.08. The summed E-state index contributed by atoms with van der Waals surface area (Å²) >= 11 is 0. The van der Waals surface area contributed by atoms with Gasteiger partial charge in [0.1, 0.15) is 5.52 Å². The molecule has 1 heterocycles. The molecular weight excluding hydrogens is 236 g/mol. The summed E-state index contributed by atoms with van der Waals surface area (Å²) < 4.78 is 5.76. The number of fused-ring (bicyclic) bond motifs is 1. The molecule has 1 aromatic heterocycles. The molecule has 2 rings (SSSR count). The number of hydrogen-bond acceptors (Lipinski definition) is 3. The molecule has 0 amide bonds. The standard InChI is InChI=1S/C16H24N2O/c1-10(2)8-12(17)15-18-13-9-11(16(3,4)5)6-7-14(13)19-15/h6-7,9-10,12H,8,17H2,1-5H3. The van der Waals surface area contributed by atoms with E-state index in [1.807, 2.05) is 6.07 Å². The lowest BCUT2D eigenvalue weighted by atomic mass is 9.87. The largest absolute Gasteiger partial charge is 0.439 e. The van der Waals surface area contributed by atoms with Crippen LogP contribution >= 0.6 is 0 Å². The quantitative estimate of drug-likeness (QED) is 0.901. The molecule has 3 heteroatoms. The van der Waals surface area contributed by atoms with Crippen molar-refractivity contribution in [3.8, 4) is 0 Å². The van der Waals surface area contributed by atoms with Crippen LogP contribution in [-0.4, -0.2) is 4.98 Å². The van der Waals surface area contributed by atoms with Gasteiger partial charge in [0.25, 0.3) is 0 Å². The van der Waals surface area contributed by atoms with Crippen molar-refractivity contribution in [3.05, 3.63) is 29.7 Å². The van der Waals surface area contributed by atoms with Crippen LogP contribution in [0, 0.1) is 5.92 Å². The molecule has 0 radical (unpaired) electrons. The third kappa shape index (κ3) is 3.16. The van der Waals surface area contributed by atoms with Crippen molar-refractivity contribution in [2.24, 2.45) is 11.7 Å². The number of oxazole rings is 1. The first kappa shape index (κ1) is 14.1. The summed E-state index contributed by atoms with van der Waals surface area (Å²) in [5.41, 5.74) is 9.23. The van der Waals surface area contributed by atoms with Crippen molar-refractivity contribution in [2.45, 2.75) is 52.5 Å². The van der Waals surface area contributed by atoms with E-state index in [1.165, 1.54) is 5.56 Å². The third-order valence-corrected chi connectivity index (χ3v) is 3.31. The zero-order valence-corrected chi connectivity index (χ0v) is 12.5. The summed E-state index contributed by atoms with van der Waals surface area (Å²) in [4.78, 5) is 4.55. The normalized spacial score (nSPS) is 14.3. The predicted octanol–water partition coefficient (Wildman–Crippen LogP) is 4.17. The fraction of sp³-hybridized carbons (Fsp3) is 0.562. The summed E-state index contributed by atoms with van der Waals surface area (Å²) in [6.45, 7) is 10.9. The summed E-state index contributed by atoms with van der Waals surface area (Å²) in [5.74, 6) is 1.19. The first-order valence-corrected chi connectivity index (χ1v) is 6.94. The maximum absolute atomic E-state index is 6.13. The van der Waals surface area contributed by atoms with E-state index in [0.29, 0.717) is 11.8 Å². The fourth-order valence-corrected chi connectivity index (χ4v) is 2.18. The van der Waals surface area contributed by atoms with E-state index in [9.17, 15) is 0 Å². The number of hydrogen-bond donors (Lipinski definition) is 1. The molecule has 0 aliphatic rings. The summed E-state index contributed by atoms with van der Waals surface area (Å²) in [7, 11) is 0. The van der Waals surface area contributed by atoms with Gasteiger partial charge in [0.05, 0.1) is 6.04 Å². The van der Waals surface area contributed by atoms with E-state index in [1.54, 1.807) is 0 Å². The number of benzene rings is 1. The second kappa shape index (κ2) is 4.97. The number of rotatable bonds is 3. The zero-order valence-electron chi connectivity index (χ0n) is 12.5. The summed E-state index contributed by atoms with van der Waals surface area (Å²) in [5, 5.41) is 0. The van der Waals surface area contributed by atoms with E-state index in [2.05, 4.69) is 51.7 Å². The first-order valence-electron chi connectivity index (χ1n) is 6.94. The smallest absolute Gasteiger partial charge is 0.212 e. The van der Waals surface area contributed by atoms with Gasteiger partial charge in [-0.3, -0.25) is 0 Å². The lowest BCUT2D eigenvalue weighted by molar-refractivity contribution is 0.417. The van der Waals surface area contributed by atoms with Crippen molar-refractivity contribution in [1.29, 1.82) is 0 Å². The molecule has 0 aliphatic carbocycles. The molecule has 2 aromatic rings. The van der Waals surface area contributed by atoms with Crippen molar-refractivity contribution >= 4 is 11.1 Å². The van der Waals surface area contributed by atoms with E-state index >= 15 is 0 Å². The zero-order chi connectivity index (χ0) is 14.2. The molecule has 0 saturated carbocycles. The highest BCUT2D eigenvalue weighted by molar-refractivity contribution is 5.73. The van der Waals surface area contributed by atoms with Gasteiger partial charge in [0, 0.05) is 0 Å². The van der Waals surface area contributed by atoms with Crippen LogP contribution in [0.2, 0.25) is 0 Å². The molecule has 19 heavy (non-hydrogen) atoms. The maximum Gasteiger partial charge on any atom is 0.212 e. The average molecular weight is 260 g/mol. The monoisotopic (exact) mass is 260 g/mol. The van der Waals surface area contributed by atoms with E-state index in [0.717, 1.165) is 17.5 Å². The maximum atomic E-state index is 6.13. The molecule has 2 N–H and O–H groups in total. The highest BCUT2D eigenvalue weighted by atomic mass is 16.3. The van der Waals surface area contributed by atoms with Gasteiger partial charge in [-0.2, -0.15) is 0 Å². The third-order valence-electron chi connectivity index (χ3n) is 3.31. The van der Waals surface area contributed by atoms with Crippen molar-refractivity contribution in [1.82, 2.24) is 4.98 Å². The lowest BCUT2D eigenvalue weighted by Gasteiger charge is -2.18. The molecule has 0 saturated heterocycles. The van der Waals surface area contributed by atoms with E-state index < -0.39 is 0 Å². The van der Waals surface area contributed by atoms with Crippen molar-refractivity contribution < 1.29 is 4.42 Å². The molecule has 104 valence electrons. The molecule has 3 nitrogen and oxygen atoms in total. The second-order valence-electron chi connectivity index (χ2n) is 6.72. The minimum Gasteiger partial charge on any atom is -0.439 e. The van der Waals surface area contributed by atoms with Gasteiger partial charge in [0.2, 0.25) is 5.89 Å². The topological polar surface area (TPSA) is 52.0 Å². The molecule has 0 fully saturated rings. The van der Waals surface area contributed by atoms with Gasteiger partial charge in [-0.25, -0.2) is 4.98 Å². The number of aromatic nitrogens is 1. The summed E-state index contributed by atoms with van der Waals surface area (Å²) in [6.07, 6.45) is 0.888. The second-order valence-corrected chi connectivity index (χ2v) is 6.72. The van der Waals surface area contributed by atoms with Crippen LogP contribution in [0.1, 0.15) is 58.5 Å². The Bertz CT molecular complexity index is 564. The van der Waals surface area contributed by atoms with E-state index in [4.69, 9.17) is 10.2 Å². The van der Waals surface area contributed by atoms with Crippen LogP contribution in [0.3, 0.4) is 0 Å². The predicted molar refractivity (Wildman–Crippen MR) is 79.1 cm³/mol. The molecule has 0 aliphatic heterocycles. The van der Waals surface area contributed by atoms with Gasteiger partial charge in [-0.15, -0.1) is 0 Å². The van der Waals surface area contributed by atoms with Gasteiger partial charge >= 0.3 is 0 Å². The number of nitrogens with zero attached hydrogens (tertiary/aromatic N) is 1. The Morgan fingerprint density at radius 3 is 2.53 bits per heavy atom. The van der Waals surface area contributed by atoms with Crippen LogP contribution in [0.5, 0.6) is 0 Å². The number of nitrogens with two attached hydrogens (primary N) is 1. The Balaban J connectivity index is 2.35. The van der Waals surface area contributed by atoms with E-state index in [-0.39, 0.29) is 11.5 Å². The molecule has 1 unspecified atom stereocenters. The van der Waals surface area contributed by atoms with Gasteiger partial charge in [-0.1, -0.05) is 40.7 Å². The molecule has 1 atom stereocenters. The van der Waals surface area contributed by atoms with Gasteiger partial charge < -0.3 is 10.2 Å². The Morgan fingerprint density at radius 1 is 1.26 bits per heavy atom. The molecule has 1 aromatic carbocycles. The van der Waals surface area contributed by atoms with Crippen molar-refractivity contribution in [3.63, 3.8) is 0 Å². The highest BCUT2D eigenvalue weighted by Crippen LogP contribution is 2.28. The Labute approximate surface area is 115 Å². The first-order chi connectivity index (χ1) is 8.77. The molecule has 0 spiro atoms. The van der Waals surface area contributed by atoms with Crippen LogP contribution in [0.15, 0.2) is 22.6 Å². The van der Waals surface area contributed by atoms with Crippen LogP contribution in [0.4, 0.5) is 0 Å². The molecular formula is C16H24N2O. The Hall–Kier alpha value is -1.35. The van der Waals surface area contributed by atoms with Crippen molar-refractivity contribution in [2.75, 3.05) is 0 Å². The fourth-order valence-electron chi connectivity index (χ4n) is 2.18.